The molecule has 0 atom stereocenters. The summed E-state index contributed by atoms with van der Waals surface area (Å²) in [4.78, 5) is 0. The molecule has 0 fully saturated rings. The highest BCUT2D eigenvalue weighted by Gasteiger charge is 2.15. The number of unbranched alkanes of at least 4 members (excludes halogenated alkanes) is 2. The molecule has 0 amide bonds. The predicted octanol–water partition coefficient (Wildman–Crippen LogP) is 2.92. The van der Waals surface area contributed by atoms with Crippen LogP contribution in [-0.2, 0) is 9.47 Å². The molecule has 0 N–H and O–H groups in total. The Labute approximate surface area is 93.8 Å². The molecule has 3 heteroatoms. The summed E-state index contributed by atoms with van der Waals surface area (Å²) in [6.45, 7) is 5.82. The van der Waals surface area contributed by atoms with Gasteiger partial charge in [0.15, 0.2) is 0 Å². The molecule has 0 radical (unpaired) electrons. The van der Waals surface area contributed by atoms with E-state index >= 15 is 0 Å². The fraction of sp³-hybridized carbons (Fsp3) is 1.00. The zero-order valence-electron chi connectivity index (χ0n) is 9.71. The van der Waals surface area contributed by atoms with Crippen molar-refractivity contribution in [3.8, 4) is 0 Å². The second-order valence-electron chi connectivity index (χ2n) is 4.11. The van der Waals surface area contributed by atoms with E-state index in [9.17, 15) is 0 Å². The van der Waals surface area contributed by atoms with Crippen molar-refractivity contribution in [2.75, 3.05) is 26.1 Å². The minimum Gasteiger partial charge on any atom is -0.381 e. The fourth-order valence-electron chi connectivity index (χ4n) is 1.01. The van der Waals surface area contributed by atoms with E-state index in [1.54, 1.807) is 7.11 Å². The predicted molar refractivity (Wildman–Crippen MR) is 64.2 cm³/mol. The van der Waals surface area contributed by atoms with Crippen molar-refractivity contribution in [2.45, 2.75) is 45.1 Å². The van der Waals surface area contributed by atoms with Crippen LogP contribution in [0.1, 0.15) is 39.5 Å². The van der Waals surface area contributed by atoms with Crippen LogP contribution < -0.4 is 0 Å². The number of rotatable bonds is 9. The van der Waals surface area contributed by atoms with E-state index in [0.29, 0.717) is 0 Å². The molecule has 0 bridgehead atoms. The first-order chi connectivity index (χ1) is 6.62. The summed E-state index contributed by atoms with van der Waals surface area (Å²) in [5.41, 5.74) is -0.0505. The van der Waals surface area contributed by atoms with Gasteiger partial charge in [0.2, 0.25) is 0 Å². The lowest BCUT2D eigenvalue weighted by Crippen LogP contribution is -2.24. The van der Waals surface area contributed by atoms with Gasteiger partial charge in [-0.3, -0.25) is 0 Å². The number of thiol groups is 1. The Morgan fingerprint density at radius 3 is 2.36 bits per heavy atom. The average Bonchev–Trinajstić information content (AvgIpc) is 2.16. The maximum atomic E-state index is 5.51. The molecule has 2 nitrogen and oxygen atoms in total. The summed E-state index contributed by atoms with van der Waals surface area (Å²) in [5.74, 6) is 0.983. The lowest BCUT2D eigenvalue weighted by atomic mass is 10.1. The lowest BCUT2D eigenvalue weighted by molar-refractivity contribution is -0.0101. The molecule has 0 aliphatic heterocycles. The van der Waals surface area contributed by atoms with Crippen molar-refractivity contribution in [3.05, 3.63) is 0 Å². The van der Waals surface area contributed by atoms with Crippen molar-refractivity contribution in [1.82, 2.24) is 0 Å². The maximum absolute atomic E-state index is 5.51. The molecule has 0 aliphatic rings. The Hall–Kier alpha value is 0.270. The molecule has 0 unspecified atom stereocenters. The SMILES string of the molecule is COC(C)(C)CCOCCCCCS. The van der Waals surface area contributed by atoms with Crippen LogP contribution in [0.5, 0.6) is 0 Å². The molecule has 0 spiro atoms. The zero-order valence-corrected chi connectivity index (χ0v) is 10.6. The summed E-state index contributed by atoms with van der Waals surface area (Å²) >= 11 is 4.16. The number of methoxy groups -OCH3 is 1. The van der Waals surface area contributed by atoms with Crippen LogP contribution in [-0.4, -0.2) is 31.7 Å². The molecule has 0 aromatic rings. The second-order valence-corrected chi connectivity index (χ2v) is 4.56. The van der Waals surface area contributed by atoms with Gasteiger partial charge in [0.1, 0.15) is 0 Å². The van der Waals surface area contributed by atoms with Crippen molar-refractivity contribution in [3.63, 3.8) is 0 Å². The molecule has 0 rings (SSSR count). The molecule has 0 aromatic heterocycles. The molecule has 14 heavy (non-hydrogen) atoms. The average molecular weight is 220 g/mol. The van der Waals surface area contributed by atoms with E-state index in [2.05, 4.69) is 26.5 Å². The third kappa shape index (κ3) is 8.85. The third-order valence-corrected chi connectivity index (χ3v) is 2.66. The summed E-state index contributed by atoms with van der Waals surface area (Å²) < 4.78 is 10.8. The van der Waals surface area contributed by atoms with Crippen molar-refractivity contribution in [2.24, 2.45) is 0 Å². The number of ether oxygens (including phenoxy) is 2. The first-order valence-corrected chi connectivity index (χ1v) is 5.99. The molecular formula is C11H24O2S. The second kappa shape index (κ2) is 8.57. The largest absolute Gasteiger partial charge is 0.381 e. The first kappa shape index (κ1) is 14.3. The maximum Gasteiger partial charge on any atom is 0.0644 e. The minimum absolute atomic E-state index is 0.0505. The molecule has 0 heterocycles. The summed E-state index contributed by atoms with van der Waals surface area (Å²) in [7, 11) is 1.74. The fourth-order valence-corrected chi connectivity index (χ4v) is 1.24. The first-order valence-electron chi connectivity index (χ1n) is 5.36. The van der Waals surface area contributed by atoms with Crippen LogP contribution in [0.25, 0.3) is 0 Å². The van der Waals surface area contributed by atoms with E-state index in [4.69, 9.17) is 9.47 Å². The van der Waals surface area contributed by atoms with E-state index in [0.717, 1.165) is 31.8 Å². The Balaban J connectivity index is 3.13. The van der Waals surface area contributed by atoms with Gasteiger partial charge in [-0.05, 0) is 38.9 Å². The number of hydrogen-bond acceptors (Lipinski definition) is 3. The van der Waals surface area contributed by atoms with E-state index < -0.39 is 0 Å². The van der Waals surface area contributed by atoms with Gasteiger partial charge in [-0.15, -0.1) is 0 Å². The molecule has 0 aliphatic carbocycles. The van der Waals surface area contributed by atoms with Gasteiger partial charge in [-0.2, -0.15) is 12.6 Å². The van der Waals surface area contributed by atoms with Crippen LogP contribution in [0.2, 0.25) is 0 Å². The van der Waals surface area contributed by atoms with Gasteiger partial charge < -0.3 is 9.47 Å². The van der Waals surface area contributed by atoms with Gasteiger partial charge in [0, 0.05) is 20.3 Å². The van der Waals surface area contributed by atoms with E-state index in [1.165, 1.54) is 12.8 Å². The normalized spacial score (nSPS) is 12.0. The highest BCUT2D eigenvalue weighted by atomic mass is 32.1. The van der Waals surface area contributed by atoms with E-state index in [-0.39, 0.29) is 5.60 Å². The van der Waals surface area contributed by atoms with Crippen LogP contribution in [0.4, 0.5) is 0 Å². The van der Waals surface area contributed by atoms with Gasteiger partial charge in [0.05, 0.1) is 5.60 Å². The van der Waals surface area contributed by atoms with Gasteiger partial charge >= 0.3 is 0 Å². The smallest absolute Gasteiger partial charge is 0.0644 e. The molecule has 86 valence electrons. The molecular weight excluding hydrogens is 196 g/mol. The highest BCUT2D eigenvalue weighted by molar-refractivity contribution is 7.80. The summed E-state index contributed by atoms with van der Waals surface area (Å²) in [6.07, 6.45) is 4.51. The highest BCUT2D eigenvalue weighted by Crippen LogP contribution is 2.12. The van der Waals surface area contributed by atoms with Crippen LogP contribution in [0, 0.1) is 0 Å². The van der Waals surface area contributed by atoms with Gasteiger partial charge in [-0.1, -0.05) is 6.42 Å². The third-order valence-electron chi connectivity index (χ3n) is 2.35. The quantitative estimate of drug-likeness (QED) is 0.476. The van der Waals surface area contributed by atoms with Crippen LogP contribution in [0.15, 0.2) is 0 Å². The van der Waals surface area contributed by atoms with Crippen molar-refractivity contribution in [1.29, 1.82) is 0 Å². The minimum atomic E-state index is -0.0505. The number of hydrogen-bond donors (Lipinski definition) is 1. The Morgan fingerprint density at radius 1 is 1.07 bits per heavy atom. The Kier molecular flexibility index (Phi) is 8.73. The zero-order chi connectivity index (χ0) is 10.9. The summed E-state index contributed by atoms with van der Waals surface area (Å²) in [6, 6.07) is 0. The summed E-state index contributed by atoms with van der Waals surface area (Å²) in [5, 5.41) is 0. The van der Waals surface area contributed by atoms with Gasteiger partial charge in [0.25, 0.3) is 0 Å². The standard InChI is InChI=1S/C11H24O2S/c1-11(2,12-3)7-9-13-8-5-4-6-10-14/h14H,4-10H2,1-3H3. The molecule has 0 saturated heterocycles. The van der Waals surface area contributed by atoms with Crippen molar-refractivity contribution < 1.29 is 9.47 Å². The molecule has 0 saturated carbocycles. The molecule has 0 aromatic carbocycles. The topological polar surface area (TPSA) is 18.5 Å². The Morgan fingerprint density at radius 2 is 1.79 bits per heavy atom. The van der Waals surface area contributed by atoms with Crippen LogP contribution in [0.3, 0.4) is 0 Å². The van der Waals surface area contributed by atoms with Crippen molar-refractivity contribution >= 4 is 12.6 Å². The monoisotopic (exact) mass is 220 g/mol. The van der Waals surface area contributed by atoms with Crippen LogP contribution >= 0.6 is 12.6 Å². The lowest BCUT2D eigenvalue weighted by Gasteiger charge is -2.22. The van der Waals surface area contributed by atoms with E-state index in [1.807, 2.05) is 0 Å². The van der Waals surface area contributed by atoms with Gasteiger partial charge in [-0.25, -0.2) is 0 Å². The Bertz CT molecular complexity index is 126.